The third-order valence-electron chi connectivity index (χ3n) is 3.84. The van der Waals surface area contributed by atoms with Gasteiger partial charge in [-0.3, -0.25) is 14.3 Å². The Hall–Kier alpha value is -2.74. The number of nitrogens with zero attached hydrogens (tertiary/aromatic N) is 3. The number of benzene rings is 1. The van der Waals surface area contributed by atoms with Crippen LogP contribution in [0.25, 0.3) is 11.0 Å². The number of nitrogens with one attached hydrogen (secondary N) is 1. The lowest BCUT2D eigenvalue weighted by Gasteiger charge is -2.07. The molecule has 0 radical (unpaired) electrons. The summed E-state index contributed by atoms with van der Waals surface area (Å²) in [6.45, 7) is 3.25. The maximum absolute atomic E-state index is 14.0. The van der Waals surface area contributed by atoms with Crippen molar-refractivity contribution in [3.8, 4) is 0 Å². The number of carbonyl (C=O) groups is 2. The van der Waals surface area contributed by atoms with Crippen molar-refractivity contribution in [1.82, 2.24) is 14.8 Å². The Morgan fingerprint density at radius 2 is 2.08 bits per heavy atom. The number of hydrogen-bond acceptors (Lipinski definition) is 5. The van der Waals surface area contributed by atoms with Crippen LogP contribution in [0.3, 0.4) is 0 Å². The van der Waals surface area contributed by atoms with E-state index in [2.05, 4.69) is 15.4 Å². The van der Waals surface area contributed by atoms with Crippen LogP contribution in [0.2, 0.25) is 0 Å². The van der Waals surface area contributed by atoms with Crippen LogP contribution in [0.1, 0.15) is 23.0 Å². The van der Waals surface area contributed by atoms with Crippen molar-refractivity contribution in [1.29, 1.82) is 0 Å². The molecule has 3 aromatic rings. The lowest BCUT2D eigenvalue weighted by atomic mass is 10.1. The number of fused-ring (bicyclic) bond motifs is 1. The first kappa shape index (κ1) is 18.1. The Balaban J connectivity index is 1.66. The fourth-order valence-electron chi connectivity index (χ4n) is 2.55. The van der Waals surface area contributed by atoms with Crippen molar-refractivity contribution in [2.45, 2.75) is 18.7 Å². The van der Waals surface area contributed by atoms with Crippen LogP contribution in [0, 0.1) is 12.7 Å². The van der Waals surface area contributed by atoms with E-state index in [-0.39, 0.29) is 17.4 Å². The topological polar surface area (TPSA) is 76.9 Å². The van der Waals surface area contributed by atoms with Crippen molar-refractivity contribution in [2.75, 3.05) is 11.1 Å². The number of hydrogen-bond donors (Lipinski definition) is 1. The largest absolute Gasteiger partial charge is 0.324 e. The second-order valence-electron chi connectivity index (χ2n) is 5.84. The van der Waals surface area contributed by atoms with Crippen molar-refractivity contribution in [2.24, 2.45) is 7.05 Å². The fourth-order valence-corrected chi connectivity index (χ4v) is 3.27. The summed E-state index contributed by atoms with van der Waals surface area (Å²) in [6, 6.07) is 6.06. The first-order valence-electron chi connectivity index (χ1n) is 7.87. The molecular formula is C18H17FN4O2S. The number of aryl methyl sites for hydroxylation is 2. The molecule has 1 aromatic carbocycles. The Bertz CT molecular complexity index is 1020. The van der Waals surface area contributed by atoms with E-state index in [1.54, 1.807) is 16.9 Å². The summed E-state index contributed by atoms with van der Waals surface area (Å²) in [5, 5.41) is 7.91. The number of Topliss-reactive ketones (excluding diaryl/α,β-unsaturated/α-hetero) is 1. The third kappa shape index (κ3) is 3.75. The molecule has 0 saturated carbocycles. The van der Waals surface area contributed by atoms with Crippen LogP contribution in [-0.4, -0.2) is 32.2 Å². The van der Waals surface area contributed by atoms with Crippen LogP contribution < -0.4 is 5.32 Å². The molecule has 2 heterocycles. The van der Waals surface area contributed by atoms with Gasteiger partial charge in [0.05, 0.1) is 23.3 Å². The van der Waals surface area contributed by atoms with Gasteiger partial charge in [-0.2, -0.15) is 5.10 Å². The van der Waals surface area contributed by atoms with Gasteiger partial charge >= 0.3 is 0 Å². The minimum atomic E-state index is -0.510. The van der Waals surface area contributed by atoms with Crippen LogP contribution in [-0.2, 0) is 11.8 Å². The Morgan fingerprint density at radius 3 is 2.77 bits per heavy atom. The number of rotatable bonds is 5. The first-order valence-corrected chi connectivity index (χ1v) is 8.86. The maximum atomic E-state index is 14.0. The van der Waals surface area contributed by atoms with Gasteiger partial charge in [-0.25, -0.2) is 9.37 Å². The van der Waals surface area contributed by atoms with Gasteiger partial charge in [0.2, 0.25) is 5.91 Å². The molecule has 0 aliphatic carbocycles. The summed E-state index contributed by atoms with van der Waals surface area (Å²) in [5.74, 6) is -0.940. The fraction of sp³-hybridized carbons (Fsp3) is 0.222. The monoisotopic (exact) mass is 372 g/mol. The summed E-state index contributed by atoms with van der Waals surface area (Å²) < 4.78 is 15.7. The molecule has 0 aliphatic heterocycles. The molecule has 0 spiro atoms. The summed E-state index contributed by atoms with van der Waals surface area (Å²) >= 11 is 1.07. The summed E-state index contributed by atoms with van der Waals surface area (Å²) in [5.41, 5.74) is 2.43. The molecule has 0 bridgehead atoms. The van der Waals surface area contributed by atoms with E-state index in [1.165, 1.54) is 19.1 Å². The van der Waals surface area contributed by atoms with Gasteiger partial charge in [0.25, 0.3) is 0 Å². The second kappa shape index (κ2) is 7.25. The Kier molecular flexibility index (Phi) is 5.03. The summed E-state index contributed by atoms with van der Waals surface area (Å²) in [6.07, 6.45) is 1.56. The summed E-state index contributed by atoms with van der Waals surface area (Å²) in [7, 11) is 1.81. The quantitative estimate of drug-likeness (QED) is 0.549. The Morgan fingerprint density at radius 1 is 1.31 bits per heavy atom. The Labute approximate surface area is 153 Å². The lowest BCUT2D eigenvalue weighted by Crippen LogP contribution is -2.14. The number of anilines is 1. The predicted molar refractivity (Wildman–Crippen MR) is 99.0 cm³/mol. The van der Waals surface area contributed by atoms with Gasteiger partial charge in [-0.1, -0.05) is 6.07 Å². The van der Waals surface area contributed by atoms with E-state index in [4.69, 9.17) is 0 Å². The average molecular weight is 372 g/mol. The van der Waals surface area contributed by atoms with E-state index < -0.39 is 5.82 Å². The molecule has 0 atom stereocenters. The molecule has 1 N–H and O–H groups in total. The number of halogens is 1. The summed E-state index contributed by atoms with van der Waals surface area (Å²) in [4.78, 5) is 28.0. The molecule has 26 heavy (non-hydrogen) atoms. The molecule has 8 heteroatoms. The van der Waals surface area contributed by atoms with E-state index in [0.29, 0.717) is 16.1 Å². The molecule has 1 amide bonds. The second-order valence-corrected chi connectivity index (χ2v) is 6.86. The zero-order valence-electron chi connectivity index (χ0n) is 14.5. The number of ketones is 1. The SMILES string of the molecule is CC(=O)c1ccc(SCC(=O)Nc2cnc3c(c2)c(C)nn3C)c(F)c1. The highest BCUT2D eigenvalue weighted by molar-refractivity contribution is 8.00. The zero-order chi connectivity index (χ0) is 18.8. The van der Waals surface area contributed by atoms with Gasteiger partial charge in [-0.05, 0) is 32.0 Å². The van der Waals surface area contributed by atoms with E-state index >= 15 is 0 Å². The van der Waals surface area contributed by atoms with Crippen molar-refractivity contribution < 1.29 is 14.0 Å². The highest BCUT2D eigenvalue weighted by Crippen LogP contribution is 2.24. The molecule has 6 nitrogen and oxygen atoms in total. The highest BCUT2D eigenvalue weighted by atomic mass is 32.2. The number of carbonyl (C=O) groups excluding carboxylic acids is 2. The van der Waals surface area contributed by atoms with Crippen molar-refractivity contribution >= 4 is 40.2 Å². The van der Waals surface area contributed by atoms with Crippen LogP contribution in [0.15, 0.2) is 35.4 Å². The third-order valence-corrected chi connectivity index (χ3v) is 4.89. The van der Waals surface area contributed by atoms with Gasteiger partial charge in [0.1, 0.15) is 5.82 Å². The van der Waals surface area contributed by atoms with Crippen molar-refractivity contribution in [3.05, 3.63) is 47.5 Å². The van der Waals surface area contributed by atoms with E-state index in [9.17, 15) is 14.0 Å². The van der Waals surface area contributed by atoms with Crippen LogP contribution in [0.5, 0.6) is 0 Å². The van der Waals surface area contributed by atoms with E-state index in [0.717, 1.165) is 28.5 Å². The first-order chi connectivity index (χ1) is 12.3. The van der Waals surface area contributed by atoms with Crippen molar-refractivity contribution in [3.63, 3.8) is 0 Å². The molecule has 3 rings (SSSR count). The van der Waals surface area contributed by atoms with Crippen LogP contribution in [0.4, 0.5) is 10.1 Å². The molecule has 0 aliphatic rings. The van der Waals surface area contributed by atoms with Gasteiger partial charge < -0.3 is 5.32 Å². The van der Waals surface area contributed by atoms with Crippen LogP contribution >= 0.6 is 11.8 Å². The molecule has 0 saturated heterocycles. The number of pyridine rings is 1. The van der Waals surface area contributed by atoms with Gasteiger partial charge in [-0.15, -0.1) is 11.8 Å². The highest BCUT2D eigenvalue weighted by Gasteiger charge is 2.11. The smallest absolute Gasteiger partial charge is 0.234 e. The number of aromatic nitrogens is 3. The molecule has 2 aromatic heterocycles. The minimum Gasteiger partial charge on any atom is -0.324 e. The molecule has 0 fully saturated rings. The molecule has 0 unspecified atom stereocenters. The normalized spacial score (nSPS) is 10.9. The molecule has 134 valence electrons. The van der Waals surface area contributed by atoms with E-state index in [1.807, 2.05) is 20.0 Å². The minimum absolute atomic E-state index is 0.0421. The predicted octanol–water partition coefficient (Wildman–Crippen LogP) is 3.35. The maximum Gasteiger partial charge on any atom is 0.234 e. The standard InChI is InChI=1S/C18H17FN4O2S/c1-10-14-7-13(8-20-18(14)23(3)22-10)21-17(25)9-26-16-5-4-12(11(2)24)6-15(16)19/h4-8H,9H2,1-3H3,(H,21,25). The number of thioether (sulfide) groups is 1. The lowest BCUT2D eigenvalue weighted by molar-refractivity contribution is -0.113. The van der Waals surface area contributed by atoms with Gasteiger partial charge in [0, 0.05) is 22.9 Å². The zero-order valence-corrected chi connectivity index (χ0v) is 15.4. The number of amides is 1. The van der Waals surface area contributed by atoms with Gasteiger partial charge in [0.15, 0.2) is 11.4 Å². The molecular weight excluding hydrogens is 355 g/mol. The average Bonchev–Trinajstić information content (AvgIpc) is 2.87.